The van der Waals surface area contributed by atoms with E-state index in [9.17, 15) is 4.79 Å². The number of unbranched alkanes of at least 4 members (excludes halogenated alkanes) is 3. The first kappa shape index (κ1) is 24.0. The van der Waals surface area contributed by atoms with E-state index in [1.54, 1.807) is 12.1 Å². The predicted octanol–water partition coefficient (Wildman–Crippen LogP) is 4.82. The Hall–Kier alpha value is -4.14. The van der Waals surface area contributed by atoms with Gasteiger partial charge in [0.15, 0.2) is 0 Å². The first-order valence-corrected chi connectivity index (χ1v) is 12.0. The van der Waals surface area contributed by atoms with E-state index in [4.69, 9.17) is 0 Å². The predicted molar refractivity (Wildman–Crippen MR) is 136 cm³/mol. The van der Waals surface area contributed by atoms with Crippen LogP contribution in [0.3, 0.4) is 0 Å². The van der Waals surface area contributed by atoms with Crippen LogP contribution in [0.5, 0.6) is 0 Å². The average molecular weight is 471 g/mol. The van der Waals surface area contributed by atoms with Crippen LogP contribution in [-0.4, -0.2) is 35.4 Å². The van der Waals surface area contributed by atoms with Gasteiger partial charge >= 0.3 is 0 Å². The number of para-hydroxylation sites is 1. The Balaban J connectivity index is 1.29. The van der Waals surface area contributed by atoms with Gasteiger partial charge < -0.3 is 15.2 Å². The maximum absolute atomic E-state index is 12.4. The first-order chi connectivity index (χ1) is 17.2. The maximum Gasteiger partial charge on any atom is 0.257 e. The van der Waals surface area contributed by atoms with Gasteiger partial charge in [0.1, 0.15) is 17.5 Å². The van der Waals surface area contributed by atoms with Crippen molar-refractivity contribution in [1.82, 2.24) is 29.5 Å². The summed E-state index contributed by atoms with van der Waals surface area (Å²) in [5.74, 6) is 2.36. The SMILES string of the molecule is CCc1nc(CCCCCCn2ccnc2)nc(Nc2ccc(C(=O)Nc3ccccc3)cn2)n1. The minimum atomic E-state index is -0.212. The third-order valence-electron chi connectivity index (χ3n) is 5.47. The lowest BCUT2D eigenvalue weighted by molar-refractivity contribution is 0.102. The van der Waals surface area contributed by atoms with Gasteiger partial charge in [0.05, 0.1) is 11.9 Å². The van der Waals surface area contributed by atoms with E-state index in [-0.39, 0.29) is 5.91 Å². The van der Waals surface area contributed by atoms with Crippen LogP contribution in [0.1, 0.15) is 54.6 Å². The molecule has 9 nitrogen and oxygen atoms in total. The quantitative estimate of drug-likeness (QED) is 0.285. The topological polar surface area (TPSA) is 111 Å². The monoisotopic (exact) mass is 470 g/mol. The molecule has 0 saturated heterocycles. The van der Waals surface area contributed by atoms with Gasteiger partial charge in [-0.25, -0.2) is 15.0 Å². The first-order valence-electron chi connectivity index (χ1n) is 12.0. The smallest absolute Gasteiger partial charge is 0.257 e. The van der Waals surface area contributed by atoms with Crippen molar-refractivity contribution in [2.75, 3.05) is 10.6 Å². The van der Waals surface area contributed by atoms with E-state index in [1.807, 2.05) is 56.0 Å². The van der Waals surface area contributed by atoms with Crippen LogP contribution < -0.4 is 10.6 Å². The number of hydrogen-bond donors (Lipinski definition) is 2. The van der Waals surface area contributed by atoms with Crippen LogP contribution in [0.15, 0.2) is 67.4 Å². The second-order valence-electron chi connectivity index (χ2n) is 8.19. The van der Waals surface area contributed by atoms with Crippen molar-refractivity contribution < 1.29 is 4.79 Å². The molecular weight excluding hydrogens is 440 g/mol. The fourth-order valence-corrected chi connectivity index (χ4v) is 3.59. The van der Waals surface area contributed by atoms with Gasteiger partial charge in [0.2, 0.25) is 5.95 Å². The number of hydrogen-bond acceptors (Lipinski definition) is 7. The van der Waals surface area contributed by atoms with Crippen LogP contribution in [0.4, 0.5) is 17.5 Å². The number of aromatic nitrogens is 6. The van der Waals surface area contributed by atoms with Gasteiger partial charge in [0.25, 0.3) is 5.91 Å². The molecule has 4 rings (SSSR count). The van der Waals surface area contributed by atoms with E-state index in [0.29, 0.717) is 17.3 Å². The van der Waals surface area contributed by atoms with E-state index in [2.05, 4.69) is 40.1 Å². The van der Waals surface area contributed by atoms with Gasteiger partial charge in [-0.3, -0.25) is 4.79 Å². The molecule has 0 bridgehead atoms. The number of carbonyl (C=O) groups is 1. The van der Waals surface area contributed by atoms with Crippen LogP contribution in [0, 0.1) is 0 Å². The normalized spacial score (nSPS) is 10.8. The lowest BCUT2D eigenvalue weighted by atomic mass is 10.1. The Labute approximate surface area is 205 Å². The van der Waals surface area contributed by atoms with Crippen LogP contribution in [-0.2, 0) is 19.4 Å². The fraction of sp³-hybridized carbons (Fsp3) is 0.308. The Kier molecular flexibility index (Phi) is 8.47. The molecule has 0 aliphatic carbocycles. The summed E-state index contributed by atoms with van der Waals surface area (Å²) >= 11 is 0. The van der Waals surface area contributed by atoms with Crippen molar-refractivity contribution in [3.63, 3.8) is 0 Å². The number of nitrogens with one attached hydrogen (secondary N) is 2. The third-order valence-corrected chi connectivity index (χ3v) is 5.47. The summed E-state index contributed by atoms with van der Waals surface area (Å²) in [7, 11) is 0. The average Bonchev–Trinajstić information content (AvgIpc) is 3.40. The number of rotatable bonds is 12. The van der Waals surface area contributed by atoms with Gasteiger partial charge in [-0.05, 0) is 37.1 Å². The molecule has 0 radical (unpaired) electrons. The van der Waals surface area contributed by atoms with Crippen LogP contribution in [0.25, 0.3) is 0 Å². The Morgan fingerprint density at radius 2 is 1.77 bits per heavy atom. The molecule has 2 N–H and O–H groups in total. The fourth-order valence-electron chi connectivity index (χ4n) is 3.59. The molecular formula is C26H30N8O. The van der Waals surface area contributed by atoms with E-state index >= 15 is 0 Å². The molecule has 180 valence electrons. The van der Waals surface area contributed by atoms with Crippen molar-refractivity contribution in [1.29, 1.82) is 0 Å². The molecule has 0 fully saturated rings. The minimum absolute atomic E-state index is 0.212. The molecule has 3 heterocycles. The molecule has 4 aromatic rings. The lowest BCUT2D eigenvalue weighted by Gasteiger charge is -2.09. The number of amides is 1. The number of aryl methyl sites for hydroxylation is 3. The molecule has 0 spiro atoms. The summed E-state index contributed by atoms with van der Waals surface area (Å²) in [5, 5.41) is 6.00. The summed E-state index contributed by atoms with van der Waals surface area (Å²) in [5.41, 5.74) is 1.21. The number of pyridine rings is 1. The minimum Gasteiger partial charge on any atom is -0.337 e. The lowest BCUT2D eigenvalue weighted by Crippen LogP contribution is -2.12. The number of anilines is 3. The third kappa shape index (κ3) is 7.43. The Bertz CT molecular complexity index is 1190. The van der Waals surface area contributed by atoms with Crippen molar-refractivity contribution in [3.8, 4) is 0 Å². The van der Waals surface area contributed by atoms with Gasteiger partial charge in [-0.15, -0.1) is 0 Å². The highest BCUT2D eigenvalue weighted by Gasteiger charge is 2.09. The number of benzene rings is 1. The molecule has 3 aromatic heterocycles. The summed E-state index contributed by atoms with van der Waals surface area (Å²) in [4.78, 5) is 34.5. The van der Waals surface area contributed by atoms with E-state index in [1.165, 1.54) is 6.20 Å². The number of imidazole rings is 1. The maximum atomic E-state index is 12.4. The molecule has 0 unspecified atom stereocenters. The Morgan fingerprint density at radius 1 is 0.943 bits per heavy atom. The highest BCUT2D eigenvalue weighted by molar-refractivity contribution is 6.04. The van der Waals surface area contributed by atoms with E-state index in [0.717, 1.165) is 62.4 Å². The largest absolute Gasteiger partial charge is 0.337 e. The second-order valence-corrected chi connectivity index (χ2v) is 8.19. The molecule has 1 amide bonds. The van der Waals surface area contributed by atoms with Crippen molar-refractivity contribution in [3.05, 3.63) is 84.6 Å². The zero-order valence-corrected chi connectivity index (χ0v) is 19.9. The van der Waals surface area contributed by atoms with Crippen molar-refractivity contribution in [2.45, 2.75) is 52.0 Å². The standard InChI is InChI=1S/C26H30N8O/c1-2-22-30-24(12-8-3-4-9-16-34-17-15-27-19-34)33-26(31-22)32-23-14-13-20(18-28-23)25(35)29-21-10-6-5-7-11-21/h5-7,10-11,13-15,17-19H,2-4,8-9,12,16H2,1H3,(H,29,35)(H,28,30,31,32,33). The van der Waals surface area contributed by atoms with Gasteiger partial charge in [-0.1, -0.05) is 38.0 Å². The number of carbonyl (C=O) groups excluding carboxylic acids is 1. The molecule has 1 aromatic carbocycles. The summed E-state index contributed by atoms with van der Waals surface area (Å²) in [6.45, 7) is 3.02. The van der Waals surface area contributed by atoms with Crippen molar-refractivity contribution in [2.24, 2.45) is 0 Å². The molecule has 0 saturated carbocycles. The molecule has 9 heteroatoms. The zero-order valence-electron chi connectivity index (χ0n) is 19.9. The summed E-state index contributed by atoms with van der Waals surface area (Å²) < 4.78 is 2.10. The molecule has 0 aliphatic heterocycles. The van der Waals surface area contributed by atoms with Gasteiger partial charge in [0, 0.05) is 43.7 Å². The molecule has 0 atom stereocenters. The molecule has 35 heavy (non-hydrogen) atoms. The van der Waals surface area contributed by atoms with Crippen molar-refractivity contribution >= 4 is 23.4 Å². The van der Waals surface area contributed by atoms with Gasteiger partial charge in [-0.2, -0.15) is 9.97 Å². The second kappa shape index (κ2) is 12.4. The molecule has 0 aliphatic rings. The van der Waals surface area contributed by atoms with E-state index < -0.39 is 0 Å². The summed E-state index contributed by atoms with van der Waals surface area (Å²) in [6, 6.07) is 12.8. The van der Waals surface area contributed by atoms with Crippen LogP contribution in [0.2, 0.25) is 0 Å². The summed E-state index contributed by atoms with van der Waals surface area (Å²) in [6.07, 6.45) is 13.2. The Morgan fingerprint density at radius 3 is 2.51 bits per heavy atom. The van der Waals surface area contributed by atoms with Crippen LogP contribution >= 0.6 is 0 Å². The number of nitrogens with zero attached hydrogens (tertiary/aromatic N) is 6. The highest BCUT2D eigenvalue weighted by atomic mass is 16.1. The highest BCUT2D eigenvalue weighted by Crippen LogP contribution is 2.14. The zero-order chi connectivity index (χ0) is 24.3.